The van der Waals surface area contributed by atoms with E-state index in [9.17, 15) is 14.7 Å². The van der Waals surface area contributed by atoms with Crippen LogP contribution in [0.1, 0.15) is 33.9 Å². The second kappa shape index (κ2) is 10.8. The van der Waals surface area contributed by atoms with Crippen LogP contribution in [0.3, 0.4) is 0 Å². The smallest absolute Gasteiger partial charge is 0.295 e. The maximum atomic E-state index is 13.1. The number of likely N-dealkylation sites (N-methyl/N-ethyl adjacent to an activating group) is 1. The monoisotopic (exact) mass is 484 g/mol. The highest BCUT2D eigenvalue weighted by Gasteiger charge is 2.45. The quantitative estimate of drug-likeness (QED) is 0.281. The number of Topliss-reactive ketones (excluding diaryl/α,β-unsaturated/α-hetero) is 1. The molecule has 0 saturated carbocycles. The number of ether oxygens (including phenoxy) is 1. The van der Waals surface area contributed by atoms with E-state index in [4.69, 9.17) is 4.74 Å². The summed E-state index contributed by atoms with van der Waals surface area (Å²) in [6, 6.07) is 22.1. The van der Waals surface area contributed by atoms with Crippen molar-refractivity contribution in [3.05, 3.63) is 106 Å². The minimum atomic E-state index is -0.670. The number of likely N-dealkylation sites (tertiary alicyclic amines) is 1. The molecule has 1 aliphatic heterocycles. The molecule has 0 bridgehead atoms. The van der Waals surface area contributed by atoms with Gasteiger partial charge in [-0.05, 0) is 63.3 Å². The fourth-order valence-corrected chi connectivity index (χ4v) is 4.35. The van der Waals surface area contributed by atoms with Crippen molar-refractivity contribution >= 4 is 17.4 Å². The molecule has 6 heteroatoms. The maximum Gasteiger partial charge on any atom is 0.295 e. The van der Waals surface area contributed by atoms with Crippen LogP contribution in [0.2, 0.25) is 0 Å². The number of aryl methyl sites for hydroxylation is 2. The van der Waals surface area contributed by atoms with Gasteiger partial charge in [0.2, 0.25) is 0 Å². The summed E-state index contributed by atoms with van der Waals surface area (Å²) in [4.78, 5) is 29.7. The van der Waals surface area contributed by atoms with Crippen LogP contribution in [0.5, 0.6) is 5.75 Å². The van der Waals surface area contributed by atoms with Gasteiger partial charge in [-0.15, -0.1) is 0 Å². The van der Waals surface area contributed by atoms with Crippen LogP contribution in [-0.4, -0.2) is 53.8 Å². The Kier molecular flexibility index (Phi) is 7.55. The van der Waals surface area contributed by atoms with Crippen LogP contribution in [0.25, 0.3) is 5.76 Å². The van der Waals surface area contributed by atoms with E-state index in [-0.39, 0.29) is 11.3 Å². The highest BCUT2D eigenvalue weighted by atomic mass is 16.5. The first-order valence-electron chi connectivity index (χ1n) is 12.0. The predicted octanol–water partition coefficient (Wildman–Crippen LogP) is 4.87. The number of hydrogen-bond acceptors (Lipinski definition) is 5. The Morgan fingerprint density at radius 1 is 0.944 bits per heavy atom. The SMILES string of the molecule is Cc1ccc(C2/C(=C(/O)c3ccc(OCc4cccc(C)c4)cc3)C(=O)C(=O)N2CCN(C)C)cc1. The summed E-state index contributed by atoms with van der Waals surface area (Å²) in [7, 11) is 3.83. The third-order valence-electron chi connectivity index (χ3n) is 6.34. The van der Waals surface area contributed by atoms with Crippen molar-refractivity contribution < 1.29 is 19.4 Å². The lowest BCUT2D eigenvalue weighted by Gasteiger charge is -2.26. The Balaban J connectivity index is 1.64. The zero-order valence-corrected chi connectivity index (χ0v) is 21.2. The fraction of sp³-hybridized carbons (Fsp3) is 0.267. The zero-order valence-electron chi connectivity index (χ0n) is 21.2. The number of nitrogens with zero attached hydrogens (tertiary/aromatic N) is 2. The van der Waals surface area contributed by atoms with Crippen LogP contribution < -0.4 is 4.74 Å². The van der Waals surface area contributed by atoms with Crippen LogP contribution in [0.15, 0.2) is 78.4 Å². The van der Waals surface area contributed by atoms with E-state index in [2.05, 4.69) is 6.07 Å². The summed E-state index contributed by atoms with van der Waals surface area (Å²) >= 11 is 0. The second-order valence-electron chi connectivity index (χ2n) is 9.51. The summed E-state index contributed by atoms with van der Waals surface area (Å²) in [5.74, 6) is -0.801. The van der Waals surface area contributed by atoms with Gasteiger partial charge in [-0.2, -0.15) is 0 Å². The predicted molar refractivity (Wildman–Crippen MR) is 141 cm³/mol. The molecule has 6 nitrogen and oxygen atoms in total. The molecule has 3 aromatic carbocycles. The molecule has 4 rings (SSSR count). The molecule has 3 aromatic rings. The highest BCUT2D eigenvalue weighted by molar-refractivity contribution is 6.46. The number of ketones is 1. The van der Waals surface area contributed by atoms with Gasteiger partial charge in [0.15, 0.2) is 0 Å². The number of carbonyl (C=O) groups is 2. The first-order chi connectivity index (χ1) is 17.2. The van der Waals surface area contributed by atoms with Crippen molar-refractivity contribution in [2.45, 2.75) is 26.5 Å². The molecule has 0 radical (unpaired) electrons. The third kappa shape index (κ3) is 5.50. The lowest BCUT2D eigenvalue weighted by Crippen LogP contribution is -2.35. The molecule has 1 aliphatic rings. The van der Waals surface area contributed by atoms with Crippen molar-refractivity contribution in [3.63, 3.8) is 0 Å². The van der Waals surface area contributed by atoms with E-state index in [1.807, 2.05) is 75.3 Å². The van der Waals surface area contributed by atoms with E-state index in [0.29, 0.717) is 31.0 Å². The van der Waals surface area contributed by atoms with Gasteiger partial charge in [-0.1, -0.05) is 59.7 Å². The minimum Gasteiger partial charge on any atom is -0.507 e. The molecule has 1 amide bonds. The normalized spacial score (nSPS) is 17.1. The summed E-state index contributed by atoms with van der Waals surface area (Å²) in [6.45, 7) is 5.42. The van der Waals surface area contributed by atoms with Gasteiger partial charge < -0.3 is 19.6 Å². The van der Waals surface area contributed by atoms with Crippen LogP contribution in [0.4, 0.5) is 0 Å². The number of benzene rings is 3. The highest BCUT2D eigenvalue weighted by Crippen LogP contribution is 2.39. The second-order valence-corrected chi connectivity index (χ2v) is 9.51. The number of carbonyl (C=O) groups excluding carboxylic acids is 2. The van der Waals surface area contributed by atoms with Gasteiger partial charge in [0.05, 0.1) is 11.6 Å². The Labute approximate surface area is 212 Å². The van der Waals surface area contributed by atoms with Crippen molar-refractivity contribution in [1.82, 2.24) is 9.80 Å². The molecule has 1 N–H and O–H groups in total. The Morgan fingerprint density at radius 2 is 1.64 bits per heavy atom. The van der Waals surface area contributed by atoms with Gasteiger partial charge in [0, 0.05) is 18.7 Å². The molecule has 36 heavy (non-hydrogen) atoms. The first-order valence-corrected chi connectivity index (χ1v) is 12.0. The summed E-state index contributed by atoms with van der Waals surface area (Å²) < 4.78 is 5.89. The Bertz CT molecular complexity index is 1280. The standard InChI is InChI=1S/C30H32N2O4/c1-20-8-10-23(11-9-20)27-26(29(34)30(35)32(27)17-16-31(3)4)28(33)24-12-14-25(15-13-24)36-19-22-7-5-6-21(2)18-22/h5-15,18,27,33H,16-17,19H2,1-4H3/b28-26-. The van der Waals surface area contributed by atoms with E-state index >= 15 is 0 Å². The van der Waals surface area contributed by atoms with E-state index in [1.165, 1.54) is 5.56 Å². The summed E-state index contributed by atoms with van der Waals surface area (Å²) in [6.07, 6.45) is 0. The third-order valence-corrected chi connectivity index (χ3v) is 6.34. The van der Waals surface area contributed by atoms with Crippen molar-refractivity contribution in [1.29, 1.82) is 0 Å². The molecule has 1 saturated heterocycles. The molecule has 1 atom stereocenters. The van der Waals surface area contributed by atoms with Gasteiger partial charge in [-0.25, -0.2) is 0 Å². The molecular formula is C30H32N2O4. The topological polar surface area (TPSA) is 70.1 Å². The van der Waals surface area contributed by atoms with Gasteiger partial charge in [-0.3, -0.25) is 9.59 Å². The summed E-state index contributed by atoms with van der Waals surface area (Å²) in [5.41, 5.74) is 4.67. The molecule has 1 heterocycles. The minimum absolute atomic E-state index is 0.107. The first kappa shape index (κ1) is 25.2. The molecular weight excluding hydrogens is 452 g/mol. The van der Waals surface area contributed by atoms with Crippen LogP contribution in [0, 0.1) is 13.8 Å². The van der Waals surface area contributed by atoms with Gasteiger partial charge >= 0.3 is 0 Å². The lowest BCUT2D eigenvalue weighted by atomic mass is 9.94. The summed E-state index contributed by atoms with van der Waals surface area (Å²) in [5, 5.41) is 11.2. The molecule has 1 fully saturated rings. The number of aliphatic hydroxyl groups excluding tert-OH is 1. The number of aliphatic hydroxyl groups is 1. The van der Waals surface area contributed by atoms with E-state index < -0.39 is 17.7 Å². The van der Waals surface area contributed by atoms with E-state index in [1.54, 1.807) is 29.2 Å². The molecule has 0 aliphatic carbocycles. The van der Waals surface area contributed by atoms with Crippen LogP contribution in [-0.2, 0) is 16.2 Å². The van der Waals surface area contributed by atoms with Gasteiger partial charge in [0.1, 0.15) is 18.1 Å². The fourth-order valence-electron chi connectivity index (χ4n) is 4.35. The van der Waals surface area contributed by atoms with Crippen LogP contribution >= 0.6 is 0 Å². The average Bonchev–Trinajstić information content (AvgIpc) is 3.11. The van der Waals surface area contributed by atoms with E-state index in [0.717, 1.165) is 16.7 Å². The van der Waals surface area contributed by atoms with Crippen molar-refractivity contribution in [2.24, 2.45) is 0 Å². The number of rotatable bonds is 8. The molecule has 0 aromatic heterocycles. The Hall–Kier alpha value is -3.90. The Morgan fingerprint density at radius 3 is 2.28 bits per heavy atom. The largest absolute Gasteiger partial charge is 0.507 e. The maximum absolute atomic E-state index is 13.1. The van der Waals surface area contributed by atoms with Crippen molar-refractivity contribution in [3.8, 4) is 5.75 Å². The number of amides is 1. The lowest BCUT2D eigenvalue weighted by molar-refractivity contribution is -0.140. The molecule has 186 valence electrons. The zero-order chi connectivity index (χ0) is 25.8. The van der Waals surface area contributed by atoms with Gasteiger partial charge in [0.25, 0.3) is 11.7 Å². The molecule has 0 spiro atoms. The number of hydrogen-bond donors (Lipinski definition) is 1. The molecule has 1 unspecified atom stereocenters. The van der Waals surface area contributed by atoms with Crippen molar-refractivity contribution in [2.75, 3.05) is 27.2 Å². The average molecular weight is 485 g/mol.